The third kappa shape index (κ3) is 3.65. The molecule has 0 atom stereocenters. The molecule has 0 saturated carbocycles. The number of anilines is 1. The Labute approximate surface area is 160 Å². The van der Waals surface area contributed by atoms with Gasteiger partial charge in [0.1, 0.15) is 10.7 Å². The molecule has 3 heterocycles. The fourth-order valence-corrected chi connectivity index (χ4v) is 2.89. The van der Waals surface area contributed by atoms with Crippen molar-refractivity contribution in [3.8, 4) is 5.95 Å². The second kappa shape index (κ2) is 6.69. The Morgan fingerprint density at radius 2 is 1.93 bits per heavy atom. The number of nitrogens with zero attached hydrogens (tertiary/aromatic N) is 5. The Morgan fingerprint density at radius 3 is 2.48 bits per heavy atom. The number of carbonyl (C=O) groups excluding carboxylic acids is 1. The third-order valence-corrected chi connectivity index (χ3v) is 4.99. The molecule has 142 valence electrons. The molecule has 0 saturated heterocycles. The van der Waals surface area contributed by atoms with Gasteiger partial charge in [-0.2, -0.15) is 9.78 Å². The van der Waals surface area contributed by atoms with E-state index >= 15 is 0 Å². The number of hydrogen-bond donors (Lipinski definition) is 2. The maximum Gasteiger partial charge on any atom is 0.270 e. The monoisotopic (exact) mass is 387 g/mol. The van der Waals surface area contributed by atoms with E-state index in [4.69, 9.17) is 0 Å². The minimum Gasteiger partial charge on any atom is -0.306 e. The number of H-pyrrole nitrogens is 1. The highest BCUT2D eigenvalue weighted by molar-refractivity contribution is 7.08. The van der Waals surface area contributed by atoms with E-state index in [2.05, 4.69) is 30.0 Å². The van der Waals surface area contributed by atoms with Crippen molar-refractivity contribution >= 4 is 23.3 Å². The van der Waals surface area contributed by atoms with Crippen molar-refractivity contribution in [3.05, 3.63) is 43.9 Å². The van der Waals surface area contributed by atoms with E-state index in [1.165, 1.54) is 4.68 Å². The SMILES string of the molecule is Cc1nnsc1C(=O)Nc1cc(C(C)(C)C)nn1-c1nc(C)c(C)c(=O)[nH]1. The topological polar surface area (TPSA) is 118 Å². The van der Waals surface area contributed by atoms with Crippen LogP contribution in [0.25, 0.3) is 5.95 Å². The van der Waals surface area contributed by atoms with Gasteiger partial charge in [-0.05, 0) is 32.3 Å². The maximum absolute atomic E-state index is 12.6. The summed E-state index contributed by atoms with van der Waals surface area (Å²) in [5, 5.41) is 11.3. The molecule has 3 aromatic heterocycles. The van der Waals surface area contributed by atoms with Gasteiger partial charge in [-0.3, -0.25) is 14.6 Å². The van der Waals surface area contributed by atoms with Crippen LogP contribution in [0.4, 0.5) is 5.82 Å². The number of aryl methyl sites for hydroxylation is 2. The van der Waals surface area contributed by atoms with E-state index in [1.807, 2.05) is 20.8 Å². The van der Waals surface area contributed by atoms with Crippen molar-refractivity contribution < 1.29 is 4.79 Å². The zero-order valence-corrected chi connectivity index (χ0v) is 16.9. The van der Waals surface area contributed by atoms with Gasteiger partial charge in [0.05, 0.1) is 11.4 Å². The van der Waals surface area contributed by atoms with Crippen molar-refractivity contribution in [3.63, 3.8) is 0 Å². The average Bonchev–Trinajstić information content (AvgIpc) is 3.18. The summed E-state index contributed by atoms with van der Waals surface area (Å²) in [5.74, 6) is 0.312. The summed E-state index contributed by atoms with van der Waals surface area (Å²) in [6.45, 7) is 11.2. The van der Waals surface area contributed by atoms with E-state index in [-0.39, 0.29) is 22.8 Å². The van der Waals surface area contributed by atoms with Crippen LogP contribution in [0.15, 0.2) is 10.9 Å². The molecule has 0 radical (unpaired) electrons. The van der Waals surface area contributed by atoms with Gasteiger partial charge in [0.25, 0.3) is 11.5 Å². The molecule has 9 nitrogen and oxygen atoms in total. The molecule has 0 aliphatic rings. The van der Waals surface area contributed by atoms with Crippen molar-refractivity contribution in [2.45, 2.75) is 47.0 Å². The van der Waals surface area contributed by atoms with Gasteiger partial charge < -0.3 is 5.32 Å². The quantitative estimate of drug-likeness (QED) is 0.712. The van der Waals surface area contributed by atoms with Gasteiger partial charge in [-0.25, -0.2) is 4.98 Å². The smallest absolute Gasteiger partial charge is 0.270 e. The van der Waals surface area contributed by atoms with Gasteiger partial charge in [0, 0.05) is 22.7 Å². The Balaban J connectivity index is 2.10. The first-order valence-corrected chi connectivity index (χ1v) is 9.14. The standard InChI is InChI=1S/C17H21N7O2S/c1-8-9(2)18-16(20-14(8)25)24-12(7-11(22-24)17(4,5)6)19-15(26)13-10(3)21-23-27-13/h7H,1-6H3,(H,19,26)(H,18,20,25). The third-order valence-electron chi connectivity index (χ3n) is 4.16. The molecule has 10 heteroatoms. The highest BCUT2D eigenvalue weighted by Crippen LogP contribution is 2.26. The van der Waals surface area contributed by atoms with Gasteiger partial charge in [-0.1, -0.05) is 25.3 Å². The summed E-state index contributed by atoms with van der Waals surface area (Å²) < 4.78 is 5.23. The highest BCUT2D eigenvalue weighted by atomic mass is 32.1. The first-order valence-electron chi connectivity index (χ1n) is 8.36. The van der Waals surface area contributed by atoms with Crippen LogP contribution in [-0.4, -0.2) is 35.2 Å². The molecule has 0 unspecified atom stereocenters. The molecule has 27 heavy (non-hydrogen) atoms. The van der Waals surface area contributed by atoms with Crippen molar-refractivity contribution in [2.24, 2.45) is 0 Å². The molecule has 0 aliphatic heterocycles. The molecule has 0 aromatic carbocycles. The zero-order chi connectivity index (χ0) is 19.9. The van der Waals surface area contributed by atoms with Crippen LogP contribution < -0.4 is 10.9 Å². The van der Waals surface area contributed by atoms with Crippen LogP contribution in [-0.2, 0) is 5.41 Å². The van der Waals surface area contributed by atoms with Crippen molar-refractivity contribution in [2.75, 3.05) is 5.32 Å². The average molecular weight is 387 g/mol. The summed E-state index contributed by atoms with van der Waals surface area (Å²) in [4.78, 5) is 32.3. The Bertz CT molecular complexity index is 1070. The second-order valence-corrected chi connectivity index (χ2v) is 8.07. The Hall–Kier alpha value is -2.88. The molecule has 3 rings (SSSR count). The normalized spacial score (nSPS) is 11.6. The van der Waals surface area contributed by atoms with Crippen LogP contribution in [0.2, 0.25) is 0 Å². The lowest BCUT2D eigenvalue weighted by Gasteiger charge is -2.14. The fourth-order valence-electron chi connectivity index (χ4n) is 2.34. The molecule has 2 N–H and O–H groups in total. The van der Waals surface area contributed by atoms with Crippen LogP contribution >= 0.6 is 11.5 Å². The number of amides is 1. The van der Waals surface area contributed by atoms with E-state index in [0.717, 1.165) is 17.2 Å². The molecular formula is C17H21N7O2S. The largest absolute Gasteiger partial charge is 0.306 e. The molecule has 0 fully saturated rings. The van der Waals surface area contributed by atoms with E-state index in [9.17, 15) is 9.59 Å². The lowest BCUT2D eigenvalue weighted by atomic mass is 9.92. The molecule has 0 spiro atoms. The number of carbonyl (C=O) groups is 1. The van der Waals surface area contributed by atoms with Crippen LogP contribution in [0.1, 0.15) is 53.1 Å². The van der Waals surface area contributed by atoms with Crippen molar-refractivity contribution in [1.29, 1.82) is 0 Å². The van der Waals surface area contributed by atoms with Gasteiger partial charge >= 0.3 is 0 Å². The minimum absolute atomic E-state index is 0.244. The van der Waals surface area contributed by atoms with Crippen LogP contribution in [0.3, 0.4) is 0 Å². The van der Waals surface area contributed by atoms with E-state index in [0.29, 0.717) is 27.6 Å². The first kappa shape index (κ1) is 18.9. The fraction of sp³-hybridized carbons (Fsp3) is 0.412. The molecular weight excluding hydrogens is 366 g/mol. The van der Waals surface area contributed by atoms with Crippen LogP contribution in [0, 0.1) is 20.8 Å². The Kier molecular flexibility index (Phi) is 4.68. The summed E-state index contributed by atoms with van der Waals surface area (Å²) in [7, 11) is 0. The number of aromatic amines is 1. The summed E-state index contributed by atoms with van der Waals surface area (Å²) in [5.41, 5.74) is 1.94. The second-order valence-electron chi connectivity index (χ2n) is 7.32. The Morgan fingerprint density at radius 1 is 1.22 bits per heavy atom. The first-order chi connectivity index (χ1) is 12.6. The molecule has 1 amide bonds. The lowest BCUT2D eigenvalue weighted by Crippen LogP contribution is -2.21. The predicted molar refractivity (Wildman–Crippen MR) is 103 cm³/mol. The summed E-state index contributed by atoms with van der Waals surface area (Å²) >= 11 is 1.02. The zero-order valence-electron chi connectivity index (χ0n) is 16.0. The van der Waals surface area contributed by atoms with Gasteiger partial charge in [0.15, 0.2) is 0 Å². The lowest BCUT2D eigenvalue weighted by molar-refractivity contribution is 0.102. The summed E-state index contributed by atoms with van der Waals surface area (Å²) in [6.07, 6.45) is 0. The predicted octanol–water partition coefficient (Wildman–Crippen LogP) is 2.28. The van der Waals surface area contributed by atoms with Crippen LogP contribution in [0.5, 0.6) is 0 Å². The number of aromatic nitrogens is 6. The van der Waals surface area contributed by atoms with Gasteiger partial charge in [0.2, 0.25) is 5.95 Å². The highest BCUT2D eigenvalue weighted by Gasteiger charge is 2.24. The minimum atomic E-state index is -0.338. The van der Waals surface area contributed by atoms with Crippen molar-refractivity contribution in [1.82, 2.24) is 29.3 Å². The van der Waals surface area contributed by atoms with E-state index in [1.54, 1.807) is 26.8 Å². The summed E-state index contributed by atoms with van der Waals surface area (Å²) in [6, 6.07) is 1.77. The number of hydrogen-bond acceptors (Lipinski definition) is 7. The molecule has 0 aliphatic carbocycles. The number of rotatable bonds is 3. The van der Waals surface area contributed by atoms with Gasteiger partial charge in [-0.15, -0.1) is 5.10 Å². The number of nitrogens with one attached hydrogen (secondary N) is 2. The maximum atomic E-state index is 12.6. The molecule has 0 bridgehead atoms. The molecule has 3 aromatic rings. The van der Waals surface area contributed by atoms with E-state index < -0.39 is 0 Å².